The van der Waals surface area contributed by atoms with Gasteiger partial charge in [-0.1, -0.05) is 42.5 Å². The SMILES string of the molecule is Cc1ccccc1N1C(=O)C[n+]2ccccc2[C@@H]1C(=O)Nc1c(C)cccc1C. The molecule has 0 unspecified atom stereocenters. The van der Waals surface area contributed by atoms with Gasteiger partial charge in [0.25, 0.3) is 11.8 Å². The van der Waals surface area contributed by atoms with Gasteiger partial charge in [-0.3, -0.25) is 14.5 Å². The maximum atomic E-state index is 13.6. The van der Waals surface area contributed by atoms with Gasteiger partial charge in [0, 0.05) is 23.5 Å². The largest absolute Gasteiger partial charge is 0.323 e. The standard InChI is InChI=1S/C24H23N3O2/c1-16-9-4-5-12-19(16)27-21(28)15-26-14-7-6-13-20(26)23(27)24(29)25-22-17(2)10-8-11-18(22)3/h4-14,23H,15H2,1-3H3/p+1/t23-/m1/s1. The summed E-state index contributed by atoms with van der Waals surface area (Å²) in [4.78, 5) is 28.3. The molecule has 0 bridgehead atoms. The molecule has 0 saturated heterocycles. The lowest BCUT2D eigenvalue weighted by molar-refractivity contribution is -0.695. The molecule has 1 aromatic heterocycles. The average molecular weight is 386 g/mol. The van der Waals surface area contributed by atoms with Gasteiger partial charge in [-0.25, -0.2) is 0 Å². The molecule has 1 aliphatic heterocycles. The van der Waals surface area contributed by atoms with Gasteiger partial charge in [-0.2, -0.15) is 4.57 Å². The number of carbonyl (C=O) groups is 2. The number of rotatable bonds is 3. The first-order chi connectivity index (χ1) is 14.0. The molecule has 2 heterocycles. The van der Waals surface area contributed by atoms with Gasteiger partial charge in [0.05, 0.1) is 0 Å². The number of carbonyl (C=O) groups excluding carboxylic acids is 2. The summed E-state index contributed by atoms with van der Waals surface area (Å²) in [5, 5.41) is 3.08. The molecule has 2 amide bonds. The number of pyridine rings is 1. The summed E-state index contributed by atoms with van der Waals surface area (Å²) in [5.41, 5.74) is 5.28. The molecule has 5 nitrogen and oxygen atoms in total. The highest BCUT2D eigenvalue weighted by Gasteiger charge is 2.44. The third kappa shape index (κ3) is 3.40. The molecular weight excluding hydrogens is 362 g/mol. The zero-order valence-corrected chi connectivity index (χ0v) is 16.8. The number of fused-ring (bicyclic) bond motifs is 1. The molecule has 0 aliphatic carbocycles. The summed E-state index contributed by atoms with van der Waals surface area (Å²) < 4.78 is 1.85. The first kappa shape index (κ1) is 18.9. The molecule has 29 heavy (non-hydrogen) atoms. The molecule has 5 heteroatoms. The molecule has 0 saturated carbocycles. The summed E-state index contributed by atoms with van der Waals surface area (Å²) in [5.74, 6) is -0.330. The number of aryl methyl sites for hydroxylation is 3. The van der Waals surface area contributed by atoms with Crippen molar-refractivity contribution in [3.63, 3.8) is 0 Å². The number of amides is 2. The molecule has 4 rings (SSSR count). The van der Waals surface area contributed by atoms with Gasteiger partial charge >= 0.3 is 0 Å². The minimum Gasteiger partial charge on any atom is -0.323 e. The third-order valence-electron chi connectivity index (χ3n) is 5.44. The highest BCUT2D eigenvalue weighted by atomic mass is 16.2. The monoisotopic (exact) mass is 386 g/mol. The second-order valence-corrected chi connectivity index (χ2v) is 7.46. The van der Waals surface area contributed by atoms with Crippen molar-refractivity contribution in [1.82, 2.24) is 0 Å². The Labute approximate surface area is 170 Å². The van der Waals surface area contributed by atoms with Crippen LogP contribution < -0.4 is 14.8 Å². The van der Waals surface area contributed by atoms with Crippen LogP contribution >= 0.6 is 0 Å². The molecular formula is C24H24N3O2+. The van der Waals surface area contributed by atoms with E-state index in [9.17, 15) is 9.59 Å². The molecule has 3 aromatic rings. The number of para-hydroxylation sites is 2. The van der Waals surface area contributed by atoms with Crippen molar-refractivity contribution >= 4 is 23.2 Å². The van der Waals surface area contributed by atoms with Crippen LogP contribution in [0.15, 0.2) is 66.9 Å². The van der Waals surface area contributed by atoms with Crippen molar-refractivity contribution in [2.24, 2.45) is 0 Å². The maximum absolute atomic E-state index is 13.6. The Morgan fingerprint density at radius 3 is 2.31 bits per heavy atom. The number of hydrogen-bond donors (Lipinski definition) is 1. The highest BCUT2D eigenvalue weighted by Crippen LogP contribution is 2.32. The van der Waals surface area contributed by atoms with Crippen molar-refractivity contribution in [2.45, 2.75) is 33.4 Å². The number of benzene rings is 2. The second-order valence-electron chi connectivity index (χ2n) is 7.46. The van der Waals surface area contributed by atoms with Crippen LogP contribution in [0.2, 0.25) is 0 Å². The van der Waals surface area contributed by atoms with Crippen LogP contribution in [-0.4, -0.2) is 11.8 Å². The summed E-state index contributed by atoms with van der Waals surface area (Å²) in [7, 11) is 0. The van der Waals surface area contributed by atoms with E-state index in [1.165, 1.54) is 0 Å². The van der Waals surface area contributed by atoms with E-state index >= 15 is 0 Å². The number of hydrogen-bond acceptors (Lipinski definition) is 2. The average Bonchev–Trinajstić information content (AvgIpc) is 2.70. The van der Waals surface area contributed by atoms with Crippen LogP contribution in [-0.2, 0) is 16.1 Å². The maximum Gasteiger partial charge on any atom is 0.294 e. The molecule has 0 radical (unpaired) electrons. The van der Waals surface area contributed by atoms with Crippen LogP contribution in [0.1, 0.15) is 28.4 Å². The predicted octanol–water partition coefficient (Wildman–Crippen LogP) is 3.63. The van der Waals surface area contributed by atoms with E-state index in [1.807, 2.05) is 92.2 Å². The Morgan fingerprint density at radius 2 is 1.59 bits per heavy atom. The van der Waals surface area contributed by atoms with Crippen molar-refractivity contribution < 1.29 is 14.2 Å². The van der Waals surface area contributed by atoms with Gasteiger partial charge in [0.1, 0.15) is 0 Å². The van der Waals surface area contributed by atoms with Gasteiger partial charge in [-0.05, 0) is 43.5 Å². The van der Waals surface area contributed by atoms with Crippen LogP contribution in [0.3, 0.4) is 0 Å². The van der Waals surface area contributed by atoms with Crippen molar-refractivity contribution in [1.29, 1.82) is 0 Å². The van der Waals surface area contributed by atoms with Crippen molar-refractivity contribution in [3.05, 3.63) is 89.2 Å². The number of nitrogens with one attached hydrogen (secondary N) is 1. The zero-order valence-electron chi connectivity index (χ0n) is 16.8. The lowest BCUT2D eigenvalue weighted by Crippen LogP contribution is -2.58. The van der Waals surface area contributed by atoms with E-state index in [0.717, 1.165) is 33.8 Å². The van der Waals surface area contributed by atoms with E-state index in [0.29, 0.717) is 0 Å². The van der Waals surface area contributed by atoms with E-state index in [1.54, 1.807) is 4.90 Å². The van der Waals surface area contributed by atoms with Crippen LogP contribution in [0.25, 0.3) is 0 Å². The lowest BCUT2D eigenvalue weighted by Gasteiger charge is -2.33. The van der Waals surface area contributed by atoms with Crippen LogP contribution in [0.4, 0.5) is 11.4 Å². The number of nitrogens with zero attached hydrogens (tertiary/aromatic N) is 2. The lowest BCUT2D eigenvalue weighted by atomic mass is 10.0. The van der Waals surface area contributed by atoms with Crippen molar-refractivity contribution in [2.75, 3.05) is 10.2 Å². The van der Waals surface area contributed by atoms with E-state index in [2.05, 4.69) is 5.32 Å². The normalized spacial score (nSPS) is 15.8. The van der Waals surface area contributed by atoms with Gasteiger partial charge in [-0.15, -0.1) is 0 Å². The Bertz CT molecular complexity index is 1090. The molecule has 146 valence electrons. The second kappa shape index (κ2) is 7.51. The fourth-order valence-electron chi connectivity index (χ4n) is 3.94. The van der Waals surface area contributed by atoms with Gasteiger partial charge in [0.2, 0.25) is 18.3 Å². The highest BCUT2D eigenvalue weighted by molar-refractivity contribution is 6.06. The van der Waals surface area contributed by atoms with E-state index in [4.69, 9.17) is 0 Å². The third-order valence-corrected chi connectivity index (χ3v) is 5.44. The van der Waals surface area contributed by atoms with E-state index in [-0.39, 0.29) is 18.4 Å². The molecule has 0 fully saturated rings. The first-order valence-electron chi connectivity index (χ1n) is 9.70. The molecule has 1 aliphatic rings. The molecule has 1 atom stereocenters. The Hall–Kier alpha value is -3.47. The Morgan fingerprint density at radius 1 is 0.931 bits per heavy atom. The quantitative estimate of drug-likeness (QED) is 0.699. The summed E-state index contributed by atoms with van der Waals surface area (Å²) in [6, 6.07) is 18.5. The molecule has 1 N–H and O–H groups in total. The fourth-order valence-corrected chi connectivity index (χ4v) is 3.94. The van der Waals surface area contributed by atoms with E-state index < -0.39 is 6.04 Å². The topological polar surface area (TPSA) is 53.3 Å². The minimum absolute atomic E-state index is 0.107. The predicted molar refractivity (Wildman–Crippen MR) is 113 cm³/mol. The Kier molecular flexibility index (Phi) is 4.89. The Balaban J connectivity index is 1.82. The number of anilines is 2. The summed E-state index contributed by atoms with van der Waals surface area (Å²) in [6.07, 6.45) is 1.85. The smallest absolute Gasteiger partial charge is 0.294 e. The zero-order chi connectivity index (χ0) is 20.5. The summed E-state index contributed by atoms with van der Waals surface area (Å²) >= 11 is 0. The first-order valence-corrected chi connectivity index (χ1v) is 9.70. The molecule has 0 spiro atoms. The summed E-state index contributed by atoms with van der Waals surface area (Å²) in [6.45, 7) is 6.10. The molecule has 2 aromatic carbocycles. The van der Waals surface area contributed by atoms with Gasteiger partial charge < -0.3 is 5.32 Å². The fraction of sp³-hybridized carbons (Fsp3) is 0.208. The van der Waals surface area contributed by atoms with Crippen LogP contribution in [0, 0.1) is 20.8 Å². The number of aromatic nitrogens is 1. The minimum atomic E-state index is -0.752. The van der Waals surface area contributed by atoms with Gasteiger partial charge in [0.15, 0.2) is 6.20 Å². The van der Waals surface area contributed by atoms with Crippen molar-refractivity contribution in [3.8, 4) is 0 Å². The van der Waals surface area contributed by atoms with Crippen LogP contribution in [0.5, 0.6) is 0 Å².